The van der Waals surface area contributed by atoms with Gasteiger partial charge in [-0.05, 0) is 32.0 Å². The molecule has 0 saturated carbocycles. The van der Waals surface area contributed by atoms with Gasteiger partial charge in [0.25, 0.3) is 11.7 Å². The van der Waals surface area contributed by atoms with E-state index in [0.717, 1.165) is 5.69 Å². The van der Waals surface area contributed by atoms with Gasteiger partial charge >= 0.3 is 0 Å². The molecule has 5 heteroatoms. The number of rotatable bonds is 3. The smallest absolute Gasteiger partial charge is 0.296 e. The van der Waals surface area contributed by atoms with Gasteiger partial charge in [0.2, 0.25) is 0 Å². The highest BCUT2D eigenvalue weighted by Crippen LogP contribution is 2.30. The predicted octanol–water partition coefficient (Wildman–Crippen LogP) is 1.03. The van der Waals surface area contributed by atoms with Gasteiger partial charge < -0.3 is 15.3 Å². The van der Waals surface area contributed by atoms with Crippen molar-refractivity contribution in [1.82, 2.24) is 0 Å². The molecule has 1 heterocycles. The Balaban J connectivity index is 2.37. The molecular formula is C13H16N2O3. The number of nitrogens with one attached hydrogen (secondary N) is 1. The summed E-state index contributed by atoms with van der Waals surface area (Å²) in [6, 6.07) is 5.15. The van der Waals surface area contributed by atoms with Crippen molar-refractivity contribution in [1.29, 1.82) is 0 Å². The summed E-state index contributed by atoms with van der Waals surface area (Å²) in [6.07, 6.45) is 0. The number of hydrogen-bond acceptors (Lipinski definition) is 4. The van der Waals surface area contributed by atoms with E-state index in [2.05, 4.69) is 5.32 Å². The van der Waals surface area contributed by atoms with Crippen molar-refractivity contribution in [3.63, 3.8) is 0 Å². The fourth-order valence-corrected chi connectivity index (χ4v) is 1.80. The average molecular weight is 248 g/mol. The van der Waals surface area contributed by atoms with Crippen molar-refractivity contribution in [2.45, 2.75) is 19.4 Å². The normalized spacial score (nSPS) is 14.4. The van der Waals surface area contributed by atoms with E-state index in [-0.39, 0.29) is 6.61 Å². The van der Waals surface area contributed by atoms with E-state index in [1.54, 1.807) is 18.2 Å². The van der Waals surface area contributed by atoms with Crippen LogP contribution in [0.3, 0.4) is 0 Å². The molecule has 1 aliphatic heterocycles. The Morgan fingerprint density at radius 3 is 2.61 bits per heavy atom. The Morgan fingerprint density at radius 2 is 2.00 bits per heavy atom. The first-order valence-electron chi connectivity index (χ1n) is 5.71. The van der Waals surface area contributed by atoms with Gasteiger partial charge in [0, 0.05) is 12.7 Å². The molecule has 0 atom stereocenters. The van der Waals surface area contributed by atoms with E-state index in [1.807, 2.05) is 25.8 Å². The molecule has 0 radical (unpaired) electrons. The van der Waals surface area contributed by atoms with Crippen LogP contribution in [0.4, 0.5) is 11.4 Å². The number of Topliss-reactive ketones (excluding diaryl/α,β-unsaturated/α-hetero) is 1. The molecule has 0 aromatic heterocycles. The van der Waals surface area contributed by atoms with E-state index in [9.17, 15) is 14.7 Å². The van der Waals surface area contributed by atoms with Crippen molar-refractivity contribution in [2.75, 3.05) is 23.9 Å². The molecule has 2 rings (SSSR count). The van der Waals surface area contributed by atoms with Gasteiger partial charge in [-0.1, -0.05) is 0 Å². The van der Waals surface area contributed by atoms with Crippen LogP contribution in [0.25, 0.3) is 0 Å². The Bertz CT molecular complexity index is 523. The summed E-state index contributed by atoms with van der Waals surface area (Å²) < 4.78 is 0. The van der Waals surface area contributed by atoms with E-state index < -0.39 is 17.2 Å². The Labute approximate surface area is 105 Å². The second kappa shape index (κ2) is 4.10. The molecule has 0 unspecified atom stereocenters. The molecule has 1 aromatic carbocycles. The molecule has 0 fully saturated rings. The van der Waals surface area contributed by atoms with Crippen LogP contribution in [-0.4, -0.2) is 36.0 Å². The summed E-state index contributed by atoms with van der Waals surface area (Å²) in [5.74, 6) is -1.09. The molecule has 0 saturated heterocycles. The second-order valence-electron chi connectivity index (χ2n) is 5.04. The monoisotopic (exact) mass is 248 g/mol. The minimum absolute atomic E-state index is 0.00583. The van der Waals surface area contributed by atoms with Crippen LogP contribution in [0.5, 0.6) is 0 Å². The van der Waals surface area contributed by atoms with Crippen molar-refractivity contribution in [3.8, 4) is 0 Å². The molecule has 1 aromatic rings. The van der Waals surface area contributed by atoms with Crippen LogP contribution in [0.1, 0.15) is 24.2 Å². The zero-order valence-electron chi connectivity index (χ0n) is 10.7. The minimum Gasteiger partial charge on any atom is -0.394 e. The lowest BCUT2D eigenvalue weighted by Gasteiger charge is -2.36. The second-order valence-corrected chi connectivity index (χ2v) is 5.04. The summed E-state index contributed by atoms with van der Waals surface area (Å²) in [5.41, 5.74) is 1.35. The van der Waals surface area contributed by atoms with Crippen LogP contribution in [0.2, 0.25) is 0 Å². The summed E-state index contributed by atoms with van der Waals surface area (Å²) in [5, 5.41) is 11.9. The minimum atomic E-state index is -0.591. The maximum atomic E-state index is 11.5. The highest BCUT2D eigenvalue weighted by Gasteiger charge is 2.29. The number of amides is 1. The number of carbonyl (C=O) groups excluding carboxylic acids is 2. The molecular weight excluding hydrogens is 232 g/mol. The standard InChI is InChI=1S/C13H16N2O3/c1-13(2,7-16)15(3)8-4-5-9-10(6-8)14-12(18)11(9)17/h4-6,16H,7H2,1-3H3,(H,14,17,18). The Hall–Kier alpha value is -1.88. The SMILES string of the molecule is CN(c1ccc2c(c1)NC(=O)C2=O)C(C)(C)CO. The van der Waals surface area contributed by atoms with E-state index in [1.165, 1.54) is 0 Å². The third-order valence-electron chi connectivity index (χ3n) is 3.38. The van der Waals surface area contributed by atoms with Gasteiger partial charge in [-0.3, -0.25) is 9.59 Å². The Kier molecular flexibility index (Phi) is 2.86. The van der Waals surface area contributed by atoms with Crippen LogP contribution in [0.15, 0.2) is 18.2 Å². The van der Waals surface area contributed by atoms with Gasteiger partial charge in [0.15, 0.2) is 0 Å². The number of nitrogens with zero attached hydrogens (tertiary/aromatic N) is 1. The summed E-state index contributed by atoms with van der Waals surface area (Å²) >= 11 is 0. The highest BCUT2D eigenvalue weighted by molar-refractivity contribution is 6.51. The first kappa shape index (κ1) is 12.6. The maximum Gasteiger partial charge on any atom is 0.296 e. The zero-order valence-corrected chi connectivity index (χ0v) is 10.7. The zero-order chi connectivity index (χ0) is 13.5. The fourth-order valence-electron chi connectivity index (χ4n) is 1.80. The Morgan fingerprint density at radius 1 is 1.33 bits per heavy atom. The van der Waals surface area contributed by atoms with Crippen molar-refractivity contribution >= 4 is 23.1 Å². The number of aliphatic hydroxyl groups excluding tert-OH is 1. The van der Waals surface area contributed by atoms with Gasteiger partial charge in [0.1, 0.15) is 0 Å². The van der Waals surface area contributed by atoms with Gasteiger partial charge in [-0.25, -0.2) is 0 Å². The molecule has 1 amide bonds. The summed E-state index contributed by atoms with van der Waals surface area (Å²) in [6.45, 7) is 3.82. The number of likely N-dealkylation sites (N-methyl/N-ethyl adjacent to an activating group) is 1. The lowest BCUT2D eigenvalue weighted by atomic mass is 10.0. The highest BCUT2D eigenvalue weighted by atomic mass is 16.3. The van der Waals surface area contributed by atoms with Crippen LogP contribution in [0, 0.1) is 0 Å². The van der Waals surface area contributed by atoms with Gasteiger partial charge in [-0.15, -0.1) is 0 Å². The van der Waals surface area contributed by atoms with E-state index >= 15 is 0 Å². The summed E-state index contributed by atoms with van der Waals surface area (Å²) in [4.78, 5) is 24.6. The maximum absolute atomic E-state index is 11.5. The average Bonchev–Trinajstić information content (AvgIpc) is 2.63. The molecule has 96 valence electrons. The largest absolute Gasteiger partial charge is 0.394 e. The number of carbonyl (C=O) groups is 2. The number of aliphatic hydroxyl groups is 1. The third kappa shape index (κ3) is 1.86. The predicted molar refractivity (Wildman–Crippen MR) is 69.0 cm³/mol. The number of anilines is 2. The number of ketones is 1. The van der Waals surface area contributed by atoms with Crippen molar-refractivity contribution in [3.05, 3.63) is 23.8 Å². The van der Waals surface area contributed by atoms with Gasteiger partial charge in [0.05, 0.1) is 23.4 Å². The van der Waals surface area contributed by atoms with Crippen LogP contribution >= 0.6 is 0 Å². The van der Waals surface area contributed by atoms with Crippen molar-refractivity contribution in [2.24, 2.45) is 0 Å². The first-order valence-corrected chi connectivity index (χ1v) is 5.71. The van der Waals surface area contributed by atoms with Crippen LogP contribution < -0.4 is 10.2 Å². The third-order valence-corrected chi connectivity index (χ3v) is 3.38. The topological polar surface area (TPSA) is 69.6 Å². The molecule has 5 nitrogen and oxygen atoms in total. The lowest BCUT2D eigenvalue weighted by Crippen LogP contribution is -2.44. The molecule has 1 aliphatic rings. The molecule has 2 N–H and O–H groups in total. The van der Waals surface area contributed by atoms with Crippen molar-refractivity contribution < 1.29 is 14.7 Å². The van der Waals surface area contributed by atoms with Gasteiger partial charge in [-0.2, -0.15) is 0 Å². The lowest BCUT2D eigenvalue weighted by molar-refractivity contribution is -0.112. The van der Waals surface area contributed by atoms with E-state index in [4.69, 9.17) is 0 Å². The van der Waals surface area contributed by atoms with Crippen LogP contribution in [-0.2, 0) is 4.79 Å². The fraction of sp³-hybridized carbons (Fsp3) is 0.385. The molecule has 0 bridgehead atoms. The quantitative estimate of drug-likeness (QED) is 0.784. The number of fused-ring (bicyclic) bond motifs is 1. The molecule has 0 aliphatic carbocycles. The first-order chi connectivity index (χ1) is 8.36. The number of benzene rings is 1. The number of hydrogen-bond donors (Lipinski definition) is 2. The summed E-state index contributed by atoms with van der Waals surface area (Å²) in [7, 11) is 1.86. The van der Waals surface area contributed by atoms with E-state index in [0.29, 0.717) is 11.3 Å². The molecule has 18 heavy (non-hydrogen) atoms. The molecule has 0 spiro atoms.